The monoisotopic (exact) mass is 471 g/mol. The molecule has 0 bridgehead atoms. The fourth-order valence-corrected chi connectivity index (χ4v) is 3.89. The molecule has 3 aromatic rings. The number of ether oxygens (including phenoxy) is 1. The zero-order chi connectivity index (χ0) is 24.1. The van der Waals surface area contributed by atoms with Crippen LogP contribution >= 0.6 is 0 Å². The van der Waals surface area contributed by atoms with Gasteiger partial charge in [-0.25, -0.2) is 9.37 Å². The van der Waals surface area contributed by atoms with Crippen LogP contribution in [0, 0.1) is 17.1 Å². The molecule has 1 aromatic heterocycles. The lowest BCUT2D eigenvalue weighted by atomic mass is 9.96. The van der Waals surface area contributed by atoms with Crippen LogP contribution in [-0.2, 0) is 0 Å². The number of aromatic nitrogens is 2. The maximum absolute atomic E-state index is 14.1. The first-order chi connectivity index (χ1) is 16.3. The van der Waals surface area contributed by atoms with Gasteiger partial charge in [0, 0.05) is 17.7 Å². The fraction of sp³-hybridized carbons (Fsp3) is 0.292. The lowest BCUT2D eigenvalue weighted by Gasteiger charge is -2.23. The van der Waals surface area contributed by atoms with E-state index in [1.165, 1.54) is 42.5 Å². The average molecular weight is 471 g/mol. The highest BCUT2D eigenvalue weighted by Crippen LogP contribution is 2.31. The topological polar surface area (TPSA) is 82.9 Å². The molecule has 0 spiro atoms. The molecule has 4 rings (SSSR count). The minimum absolute atomic E-state index is 0.167. The van der Waals surface area contributed by atoms with E-state index in [1.807, 2.05) is 6.07 Å². The normalized spacial score (nSPS) is 14.3. The molecule has 1 aliphatic rings. The Hall–Kier alpha value is -3.87. The van der Waals surface area contributed by atoms with Crippen molar-refractivity contribution in [2.45, 2.75) is 44.5 Å². The van der Waals surface area contributed by atoms with Crippen molar-refractivity contribution in [1.29, 1.82) is 5.26 Å². The maximum Gasteiger partial charge on any atom is 0.573 e. The van der Waals surface area contributed by atoms with Gasteiger partial charge in [0.2, 0.25) is 5.95 Å². The van der Waals surface area contributed by atoms with Crippen molar-refractivity contribution >= 4 is 17.5 Å². The van der Waals surface area contributed by atoms with Crippen LogP contribution in [0.5, 0.6) is 5.75 Å². The minimum atomic E-state index is -4.82. The Bertz CT molecular complexity index is 1200. The van der Waals surface area contributed by atoms with Gasteiger partial charge in [0.05, 0.1) is 11.4 Å². The van der Waals surface area contributed by atoms with Crippen LogP contribution in [0.3, 0.4) is 0 Å². The summed E-state index contributed by atoms with van der Waals surface area (Å²) >= 11 is 0. The predicted octanol–water partition coefficient (Wildman–Crippen LogP) is 6.54. The van der Waals surface area contributed by atoms with Crippen molar-refractivity contribution in [3.63, 3.8) is 0 Å². The molecule has 1 heterocycles. The molecule has 0 unspecified atom stereocenters. The molecular formula is C24H21F4N5O. The third kappa shape index (κ3) is 5.92. The zero-order valence-corrected chi connectivity index (χ0v) is 18.0. The highest BCUT2D eigenvalue weighted by molar-refractivity contribution is 5.70. The molecule has 2 aromatic carbocycles. The number of benzene rings is 2. The summed E-state index contributed by atoms with van der Waals surface area (Å²) in [5, 5.41) is 15.6. The van der Waals surface area contributed by atoms with E-state index in [0.29, 0.717) is 11.3 Å². The summed E-state index contributed by atoms with van der Waals surface area (Å²) in [5.41, 5.74) is 0.743. The average Bonchev–Trinajstić information content (AvgIpc) is 2.79. The van der Waals surface area contributed by atoms with E-state index < -0.39 is 12.2 Å². The first-order valence-electron chi connectivity index (χ1n) is 10.8. The van der Waals surface area contributed by atoms with Crippen LogP contribution < -0.4 is 15.4 Å². The number of hydrogen-bond donors (Lipinski definition) is 2. The van der Waals surface area contributed by atoms with Gasteiger partial charge in [-0.2, -0.15) is 10.2 Å². The number of rotatable bonds is 6. The van der Waals surface area contributed by atoms with E-state index >= 15 is 0 Å². The number of nitrogens with one attached hydrogen (secondary N) is 2. The Morgan fingerprint density at radius 2 is 1.76 bits per heavy atom. The van der Waals surface area contributed by atoms with Gasteiger partial charge in [-0.15, -0.1) is 13.2 Å². The van der Waals surface area contributed by atoms with E-state index in [1.54, 1.807) is 6.07 Å². The van der Waals surface area contributed by atoms with Gasteiger partial charge >= 0.3 is 6.36 Å². The second-order valence-electron chi connectivity index (χ2n) is 7.92. The highest BCUT2D eigenvalue weighted by atomic mass is 19.4. The van der Waals surface area contributed by atoms with Crippen molar-refractivity contribution in [1.82, 2.24) is 9.97 Å². The molecule has 34 heavy (non-hydrogen) atoms. The predicted molar refractivity (Wildman–Crippen MR) is 119 cm³/mol. The molecular weight excluding hydrogens is 450 g/mol. The van der Waals surface area contributed by atoms with E-state index in [9.17, 15) is 22.8 Å². The molecule has 0 amide bonds. The summed E-state index contributed by atoms with van der Waals surface area (Å²) in [4.78, 5) is 8.96. The van der Waals surface area contributed by atoms with E-state index in [4.69, 9.17) is 0 Å². The van der Waals surface area contributed by atoms with E-state index in [0.717, 1.165) is 32.1 Å². The summed E-state index contributed by atoms with van der Waals surface area (Å²) in [6.07, 6.45) is 0.397. The number of hydrogen-bond acceptors (Lipinski definition) is 6. The Balaban J connectivity index is 1.71. The highest BCUT2D eigenvalue weighted by Gasteiger charge is 2.31. The van der Waals surface area contributed by atoms with Crippen LogP contribution in [0.25, 0.3) is 11.3 Å². The number of halogens is 4. The summed E-state index contributed by atoms with van der Waals surface area (Å²) in [5.74, 6) is -0.521. The van der Waals surface area contributed by atoms with Gasteiger partial charge < -0.3 is 15.4 Å². The number of alkyl halides is 3. The van der Waals surface area contributed by atoms with E-state index in [-0.39, 0.29) is 34.8 Å². The first-order valence-corrected chi connectivity index (χ1v) is 10.8. The third-order valence-corrected chi connectivity index (χ3v) is 5.42. The minimum Gasteiger partial charge on any atom is -0.406 e. The molecule has 0 radical (unpaired) electrons. The van der Waals surface area contributed by atoms with Gasteiger partial charge in [-0.05, 0) is 37.1 Å². The molecule has 0 saturated heterocycles. The quantitative estimate of drug-likeness (QED) is 0.397. The number of nitriles is 1. The number of nitrogens with zero attached hydrogens (tertiary/aromatic N) is 3. The smallest absolute Gasteiger partial charge is 0.406 e. The van der Waals surface area contributed by atoms with E-state index in [2.05, 4.69) is 25.3 Å². The molecule has 0 atom stereocenters. The van der Waals surface area contributed by atoms with Crippen molar-refractivity contribution < 1.29 is 22.3 Å². The fourth-order valence-electron chi connectivity index (χ4n) is 3.89. The molecule has 1 fully saturated rings. The third-order valence-electron chi connectivity index (χ3n) is 5.42. The summed E-state index contributed by atoms with van der Waals surface area (Å²) in [6, 6.07) is 13.1. The van der Waals surface area contributed by atoms with Crippen molar-refractivity contribution in [2.24, 2.45) is 0 Å². The van der Waals surface area contributed by atoms with Gasteiger partial charge in [0.15, 0.2) is 0 Å². The van der Waals surface area contributed by atoms with Crippen LogP contribution in [-0.4, -0.2) is 22.4 Å². The Labute approximate surface area is 193 Å². The molecule has 1 saturated carbocycles. The maximum atomic E-state index is 14.1. The van der Waals surface area contributed by atoms with Crippen LogP contribution in [0.2, 0.25) is 0 Å². The van der Waals surface area contributed by atoms with Crippen LogP contribution in [0.4, 0.5) is 35.0 Å². The Morgan fingerprint density at radius 1 is 1.00 bits per heavy atom. The molecule has 2 N–H and O–H groups in total. The lowest BCUT2D eigenvalue weighted by molar-refractivity contribution is -0.274. The van der Waals surface area contributed by atoms with Crippen molar-refractivity contribution in [3.05, 3.63) is 59.9 Å². The van der Waals surface area contributed by atoms with Gasteiger partial charge in [0.1, 0.15) is 29.0 Å². The van der Waals surface area contributed by atoms with Gasteiger partial charge in [0.25, 0.3) is 0 Å². The summed E-state index contributed by atoms with van der Waals surface area (Å²) < 4.78 is 56.1. The van der Waals surface area contributed by atoms with Crippen LogP contribution in [0.15, 0.2) is 48.5 Å². The zero-order valence-electron chi connectivity index (χ0n) is 18.0. The first kappa shape index (κ1) is 23.3. The Morgan fingerprint density at radius 3 is 2.50 bits per heavy atom. The largest absolute Gasteiger partial charge is 0.573 e. The molecule has 6 nitrogen and oxygen atoms in total. The molecule has 1 aliphatic carbocycles. The molecule has 0 aliphatic heterocycles. The molecule has 176 valence electrons. The second kappa shape index (κ2) is 9.95. The van der Waals surface area contributed by atoms with Crippen molar-refractivity contribution in [3.8, 4) is 23.1 Å². The summed E-state index contributed by atoms with van der Waals surface area (Å²) in [7, 11) is 0. The van der Waals surface area contributed by atoms with Gasteiger partial charge in [-0.1, -0.05) is 37.5 Å². The second-order valence-corrected chi connectivity index (χ2v) is 7.92. The summed E-state index contributed by atoms with van der Waals surface area (Å²) in [6.45, 7) is 0. The lowest BCUT2D eigenvalue weighted by Crippen LogP contribution is -2.23. The van der Waals surface area contributed by atoms with Gasteiger partial charge in [-0.3, -0.25) is 0 Å². The van der Waals surface area contributed by atoms with Crippen molar-refractivity contribution in [2.75, 3.05) is 10.6 Å². The number of anilines is 3. The SMILES string of the molecule is N#Cc1c(F)cccc1Nc1cc(-c2cccc(OC(F)(F)F)c2)nc(NC2CCCCC2)n1. The standard InChI is InChI=1S/C24H21F4N5O/c25-19-10-5-11-20(18(19)14-29)31-22-13-21(15-6-4-9-17(12-15)34-24(26,27)28)32-23(33-22)30-16-7-2-1-3-8-16/h4-6,9-13,16H,1-3,7-8H2,(H2,30,31,32,33). The van der Waals surface area contributed by atoms with Crippen LogP contribution in [0.1, 0.15) is 37.7 Å². The Kier molecular flexibility index (Phi) is 6.82. The molecule has 10 heteroatoms.